The van der Waals surface area contributed by atoms with Gasteiger partial charge in [-0.05, 0) is 60.4 Å². The number of aromatic nitrogens is 2. The molecule has 0 spiro atoms. The van der Waals surface area contributed by atoms with Crippen LogP contribution in [0.25, 0.3) is 11.4 Å². The van der Waals surface area contributed by atoms with Gasteiger partial charge in [-0.1, -0.05) is 107 Å². The molecule has 2 nitrogen and oxygen atoms in total. The van der Waals surface area contributed by atoms with Crippen molar-refractivity contribution in [2.75, 3.05) is 0 Å². The van der Waals surface area contributed by atoms with Crippen LogP contribution in [-0.4, -0.2) is 9.97 Å². The Morgan fingerprint density at radius 1 is 0.545 bits per heavy atom. The minimum absolute atomic E-state index is 0.909. The van der Waals surface area contributed by atoms with Gasteiger partial charge in [0, 0.05) is 35.4 Å². The fourth-order valence-electron chi connectivity index (χ4n) is 4.44. The van der Waals surface area contributed by atoms with Gasteiger partial charge in [0.1, 0.15) is 0 Å². The van der Waals surface area contributed by atoms with Crippen molar-refractivity contribution in [3.8, 4) is 11.4 Å². The van der Waals surface area contributed by atoms with Crippen LogP contribution >= 0.6 is 94.1 Å². The number of thioether (sulfide) groups is 8. The van der Waals surface area contributed by atoms with E-state index in [9.17, 15) is 0 Å². The summed E-state index contributed by atoms with van der Waals surface area (Å²) in [6.07, 6.45) is 3.86. The van der Waals surface area contributed by atoms with Crippen molar-refractivity contribution in [1.82, 2.24) is 9.97 Å². The first-order valence-electron chi connectivity index (χ1n) is 14.0. The second kappa shape index (κ2) is 14.7. The third-order valence-corrected chi connectivity index (χ3v) is 18.7. The first kappa shape index (κ1) is 31.4. The molecule has 44 heavy (non-hydrogen) atoms. The van der Waals surface area contributed by atoms with Gasteiger partial charge in [0.25, 0.3) is 0 Å². The zero-order chi connectivity index (χ0) is 29.9. The highest BCUT2D eigenvalue weighted by molar-refractivity contribution is 8.44. The molecular formula is C34H28N2S8. The van der Waals surface area contributed by atoms with Gasteiger partial charge in [0.15, 0.2) is 0 Å². The molecule has 5 heterocycles. The Kier molecular flexibility index (Phi) is 10.5. The highest BCUT2D eigenvalue weighted by Crippen LogP contribution is 2.66. The lowest BCUT2D eigenvalue weighted by Crippen LogP contribution is -1.92. The largest absolute Gasteiger partial charge is 0.255 e. The maximum absolute atomic E-state index is 4.69. The van der Waals surface area contributed by atoms with E-state index in [0.29, 0.717) is 0 Å². The summed E-state index contributed by atoms with van der Waals surface area (Å²) in [5.74, 6) is 3.78. The summed E-state index contributed by atoms with van der Waals surface area (Å²) >= 11 is 15.7. The molecule has 0 fully saturated rings. The predicted molar refractivity (Wildman–Crippen MR) is 206 cm³/mol. The van der Waals surface area contributed by atoms with Crippen LogP contribution in [0, 0.1) is 13.8 Å². The average molecular weight is 721 g/mol. The van der Waals surface area contributed by atoms with E-state index >= 15 is 0 Å². The molecule has 0 aliphatic carbocycles. The molecule has 2 aromatic carbocycles. The zero-order valence-electron chi connectivity index (χ0n) is 24.1. The number of fused-ring (bicyclic) bond motifs is 9. The summed E-state index contributed by atoms with van der Waals surface area (Å²) in [5, 5.41) is 0. The zero-order valence-corrected chi connectivity index (χ0v) is 30.6. The third-order valence-electron chi connectivity index (χ3n) is 6.87. The number of pyridine rings is 2. The summed E-state index contributed by atoms with van der Waals surface area (Å²) in [6, 6.07) is 26.6. The van der Waals surface area contributed by atoms with E-state index in [1.165, 1.54) is 58.8 Å². The molecule has 10 heteroatoms. The van der Waals surface area contributed by atoms with Crippen molar-refractivity contribution in [3.63, 3.8) is 0 Å². The molecule has 222 valence electrons. The fourth-order valence-corrected chi connectivity index (χ4v) is 16.2. The van der Waals surface area contributed by atoms with Gasteiger partial charge in [-0.3, -0.25) is 9.97 Å². The van der Waals surface area contributed by atoms with E-state index in [0.717, 1.165) is 34.4 Å². The van der Waals surface area contributed by atoms with Crippen molar-refractivity contribution < 1.29 is 0 Å². The highest BCUT2D eigenvalue weighted by Gasteiger charge is 2.31. The van der Waals surface area contributed by atoms with Crippen LogP contribution in [0.15, 0.2) is 111 Å². The van der Waals surface area contributed by atoms with Gasteiger partial charge >= 0.3 is 0 Å². The van der Waals surface area contributed by atoms with Crippen molar-refractivity contribution in [2.24, 2.45) is 0 Å². The maximum atomic E-state index is 4.69. The smallest absolute Gasteiger partial charge is 0.0889 e. The van der Waals surface area contributed by atoms with E-state index < -0.39 is 0 Å². The summed E-state index contributed by atoms with van der Waals surface area (Å²) in [7, 11) is 0. The van der Waals surface area contributed by atoms with Crippen LogP contribution in [0.3, 0.4) is 0 Å². The number of hydrogen-bond donors (Lipinski definition) is 0. The molecule has 4 aromatic rings. The molecule has 0 unspecified atom stereocenters. The molecule has 0 atom stereocenters. The first-order valence-corrected chi connectivity index (χ1v) is 21.2. The minimum Gasteiger partial charge on any atom is -0.255 e. The highest BCUT2D eigenvalue weighted by atomic mass is 32.3. The number of rotatable bonds is 6. The van der Waals surface area contributed by atoms with Gasteiger partial charge in [-0.2, -0.15) is 0 Å². The summed E-state index contributed by atoms with van der Waals surface area (Å²) in [4.78, 5) is 9.39. The van der Waals surface area contributed by atoms with E-state index in [2.05, 4.69) is 86.6 Å². The SMILES string of the molecule is Cc1ccc(CSC2=C3SCc4ccnc(c4)-c4cc(ccn4)CSC4=C(SCc5ccc(C)cc5)SC(=C(S2)S3)S4)cc1. The van der Waals surface area contributed by atoms with Gasteiger partial charge in [0.05, 0.1) is 36.8 Å². The third kappa shape index (κ3) is 7.82. The Labute approximate surface area is 293 Å². The Balaban J connectivity index is 1.20. The molecule has 3 aliphatic rings. The first-order chi connectivity index (χ1) is 21.6. The summed E-state index contributed by atoms with van der Waals surface area (Å²) in [5.41, 5.74) is 9.80. The number of hydrogen-bond acceptors (Lipinski definition) is 10. The molecule has 0 N–H and O–H groups in total. The van der Waals surface area contributed by atoms with Crippen molar-refractivity contribution in [2.45, 2.75) is 36.9 Å². The van der Waals surface area contributed by atoms with Crippen LogP contribution in [0.2, 0.25) is 0 Å². The van der Waals surface area contributed by atoms with Gasteiger partial charge in [0.2, 0.25) is 0 Å². The minimum atomic E-state index is 0.909. The van der Waals surface area contributed by atoms with Crippen molar-refractivity contribution in [3.05, 3.63) is 144 Å². The van der Waals surface area contributed by atoms with Gasteiger partial charge < -0.3 is 0 Å². The lowest BCUT2D eigenvalue weighted by molar-refractivity contribution is 1.20. The van der Waals surface area contributed by atoms with E-state index in [1.54, 1.807) is 0 Å². The summed E-state index contributed by atoms with van der Waals surface area (Å²) < 4.78 is 8.52. The molecule has 0 saturated heterocycles. The Morgan fingerprint density at radius 3 is 1.41 bits per heavy atom. The van der Waals surface area contributed by atoms with Crippen molar-refractivity contribution in [1.29, 1.82) is 0 Å². The number of nitrogens with zero attached hydrogens (tertiary/aromatic N) is 2. The molecule has 7 rings (SSSR count). The average Bonchev–Trinajstić information content (AvgIpc) is 3.66. The number of aryl methyl sites for hydroxylation is 2. The lowest BCUT2D eigenvalue weighted by atomic mass is 10.1. The van der Waals surface area contributed by atoms with Crippen LogP contribution in [-0.2, 0) is 23.0 Å². The molecule has 0 radical (unpaired) electrons. The molecule has 8 bridgehead atoms. The predicted octanol–water partition coefficient (Wildman–Crippen LogP) is 12.4. The second-order valence-corrected chi connectivity index (χ2v) is 19.9. The Morgan fingerprint density at radius 2 is 0.977 bits per heavy atom. The van der Waals surface area contributed by atoms with Crippen molar-refractivity contribution >= 4 is 94.1 Å². The molecular weight excluding hydrogens is 693 g/mol. The van der Waals surface area contributed by atoms with Gasteiger partial charge in [-0.15, -0.1) is 47.0 Å². The van der Waals surface area contributed by atoms with Crippen LogP contribution in [0.5, 0.6) is 0 Å². The molecule has 2 aromatic heterocycles. The van der Waals surface area contributed by atoms with E-state index in [1.807, 2.05) is 106 Å². The second-order valence-electron chi connectivity index (χ2n) is 10.4. The quantitative estimate of drug-likeness (QED) is 0.191. The lowest BCUT2D eigenvalue weighted by Gasteiger charge is -2.09. The van der Waals surface area contributed by atoms with E-state index in [4.69, 9.17) is 9.97 Å². The van der Waals surface area contributed by atoms with Crippen LogP contribution < -0.4 is 0 Å². The Bertz CT molecular complexity index is 1650. The monoisotopic (exact) mass is 720 g/mol. The van der Waals surface area contributed by atoms with Crippen LogP contribution in [0.4, 0.5) is 0 Å². The standard InChI is InChI=1S/C34H28N2S8/c1-21-3-7-23(8-4-21)17-37-29-31-39-19-25-11-13-35-27(15-25)28-16-26(12-14-36-28)20-40-32-30(42-34(44-32)33(41-29)43-31)38-18-24-9-5-22(2)6-10-24/h3-16H,17-20H2,1-2H3. The van der Waals surface area contributed by atoms with Crippen LogP contribution in [0.1, 0.15) is 33.4 Å². The summed E-state index contributed by atoms with van der Waals surface area (Å²) in [6.45, 7) is 4.30. The number of benzene rings is 2. The fraction of sp³-hybridized carbons (Fsp3) is 0.176. The maximum Gasteiger partial charge on any atom is 0.0889 e. The molecule has 0 saturated carbocycles. The normalized spacial score (nSPS) is 16.7. The van der Waals surface area contributed by atoms with Gasteiger partial charge in [-0.25, -0.2) is 0 Å². The molecule has 0 amide bonds. The van der Waals surface area contributed by atoms with E-state index in [-0.39, 0.29) is 0 Å². The Hall–Kier alpha value is -1.24. The molecule has 3 aliphatic heterocycles. The topological polar surface area (TPSA) is 25.8 Å².